The van der Waals surface area contributed by atoms with E-state index in [-0.39, 0.29) is 30.1 Å². The molecule has 0 spiro atoms. The number of carbonyl (C=O) groups is 2. The molecule has 5 rings (SSSR count). The lowest BCUT2D eigenvalue weighted by Crippen LogP contribution is -2.37. The second-order valence-electron chi connectivity index (χ2n) is 7.81. The summed E-state index contributed by atoms with van der Waals surface area (Å²) < 4.78 is 3.33. The highest BCUT2D eigenvalue weighted by molar-refractivity contribution is 8.02. The van der Waals surface area contributed by atoms with Crippen molar-refractivity contribution in [3.8, 4) is 0 Å². The SMILES string of the molecule is CC(=O)/C(=C\Sc1nc(N)nc2c1ncn2C)C(=O)c1ccccc1.C[n+]1c(N)[nH]c(=O)c2[nH]cnc21.[HH]. The zero-order valence-corrected chi connectivity index (χ0v) is 20.9. The van der Waals surface area contributed by atoms with Crippen LogP contribution in [0, 0.1) is 0 Å². The van der Waals surface area contributed by atoms with Crippen molar-refractivity contribution in [2.24, 2.45) is 14.1 Å². The summed E-state index contributed by atoms with van der Waals surface area (Å²) in [6.45, 7) is 1.36. The van der Waals surface area contributed by atoms with Gasteiger partial charge in [-0.25, -0.2) is 19.5 Å². The lowest BCUT2D eigenvalue weighted by molar-refractivity contribution is -0.634. The molecule has 0 aliphatic rings. The van der Waals surface area contributed by atoms with Gasteiger partial charge in [0.25, 0.3) is 5.65 Å². The highest BCUT2D eigenvalue weighted by Gasteiger charge is 2.18. The number of imidazole rings is 2. The van der Waals surface area contributed by atoms with Crippen LogP contribution in [-0.4, -0.2) is 46.0 Å². The standard InChI is InChI=1S/C17H15N5O2S.C6H7N5O.H2/c1-10(23)12(14(24)11-6-4-3-5-7-11)8-25-16-13-15(20-17(18)21-16)22(2)9-19-13;1-11-4-3(8-2-9-4)5(12)10-6(11)7;/h3-9H,1-2H3,(H2,18,20,21);2H,1H3,(H3,7,8,9,10,12);1H/p+1/b12-8+;;. The first kappa shape index (κ1) is 25.2. The fraction of sp³-hybridized carbons (Fsp3) is 0.130. The molecule has 13 nitrogen and oxygen atoms in total. The van der Waals surface area contributed by atoms with E-state index in [9.17, 15) is 14.4 Å². The van der Waals surface area contributed by atoms with E-state index in [0.29, 0.717) is 38.9 Å². The van der Waals surface area contributed by atoms with Crippen LogP contribution in [0.3, 0.4) is 0 Å². The molecule has 0 bridgehead atoms. The Morgan fingerprint density at radius 2 is 1.89 bits per heavy atom. The van der Waals surface area contributed by atoms with E-state index in [1.54, 1.807) is 53.8 Å². The first-order valence-electron chi connectivity index (χ1n) is 10.8. The molecule has 0 amide bonds. The lowest BCUT2D eigenvalue weighted by Gasteiger charge is -2.04. The highest BCUT2D eigenvalue weighted by atomic mass is 32.2. The number of Topliss-reactive ketones (excluding diaryl/α,β-unsaturated/α-hetero) is 2. The third-order valence-electron chi connectivity index (χ3n) is 5.26. The Hall–Kier alpha value is -4.85. The number of nitrogens with two attached hydrogens (primary N) is 2. The number of hydrogen-bond acceptors (Lipinski definition) is 10. The van der Waals surface area contributed by atoms with Gasteiger partial charge in [-0.2, -0.15) is 4.98 Å². The van der Waals surface area contributed by atoms with Crippen molar-refractivity contribution in [2.75, 3.05) is 11.5 Å². The number of aromatic nitrogens is 8. The van der Waals surface area contributed by atoms with E-state index >= 15 is 0 Å². The van der Waals surface area contributed by atoms with Gasteiger partial charge in [0.05, 0.1) is 18.9 Å². The monoisotopic (exact) mass is 521 g/mol. The maximum absolute atomic E-state index is 12.6. The minimum atomic E-state index is -0.333. The number of nitrogens with zero attached hydrogens (tertiary/aromatic N) is 6. The van der Waals surface area contributed by atoms with Gasteiger partial charge >= 0.3 is 11.5 Å². The molecule has 0 aliphatic heterocycles. The number of aryl methyl sites for hydroxylation is 2. The molecule has 6 N–H and O–H groups in total. The summed E-state index contributed by atoms with van der Waals surface area (Å²) in [5, 5.41) is 1.98. The van der Waals surface area contributed by atoms with Crippen LogP contribution in [0.4, 0.5) is 11.9 Å². The number of fused-ring (bicyclic) bond motifs is 2. The van der Waals surface area contributed by atoms with Crippen molar-refractivity contribution in [1.82, 2.24) is 34.5 Å². The van der Waals surface area contributed by atoms with Gasteiger partial charge in [0, 0.05) is 14.0 Å². The Labute approximate surface area is 215 Å². The summed E-state index contributed by atoms with van der Waals surface area (Å²) in [5.41, 5.74) is 13.7. The van der Waals surface area contributed by atoms with Crippen LogP contribution in [0.5, 0.6) is 0 Å². The van der Waals surface area contributed by atoms with Gasteiger partial charge in [-0.05, 0) is 12.3 Å². The van der Waals surface area contributed by atoms with E-state index in [1.807, 2.05) is 6.07 Å². The van der Waals surface area contributed by atoms with Crippen molar-refractivity contribution in [1.29, 1.82) is 0 Å². The average Bonchev–Trinajstić information content (AvgIpc) is 3.51. The number of benzene rings is 1. The minimum absolute atomic E-state index is 0. The Balaban J connectivity index is 0.000000258. The summed E-state index contributed by atoms with van der Waals surface area (Å²) >= 11 is 1.13. The van der Waals surface area contributed by atoms with Gasteiger partial charge in [-0.3, -0.25) is 14.4 Å². The van der Waals surface area contributed by atoms with Gasteiger partial charge in [0.2, 0.25) is 5.95 Å². The molecule has 37 heavy (non-hydrogen) atoms. The van der Waals surface area contributed by atoms with Gasteiger partial charge in [-0.1, -0.05) is 42.1 Å². The molecule has 4 aromatic heterocycles. The molecule has 0 atom stereocenters. The smallest absolute Gasteiger partial charge is 0.322 e. The van der Waals surface area contributed by atoms with Crippen LogP contribution in [0.1, 0.15) is 18.7 Å². The summed E-state index contributed by atoms with van der Waals surface area (Å²) in [5.74, 6) is -0.258. The van der Waals surface area contributed by atoms with Crippen LogP contribution in [0.25, 0.3) is 22.3 Å². The number of allylic oxidation sites excluding steroid dienone is 1. The topological polar surface area (TPSA) is 195 Å². The summed E-state index contributed by atoms with van der Waals surface area (Å²) in [7, 11) is 3.53. The molecule has 0 unspecified atom stereocenters. The van der Waals surface area contributed by atoms with Crippen molar-refractivity contribution < 1.29 is 15.6 Å². The average molecular weight is 522 g/mol. The van der Waals surface area contributed by atoms with Crippen LogP contribution >= 0.6 is 11.8 Å². The number of rotatable bonds is 5. The van der Waals surface area contributed by atoms with Crippen molar-refractivity contribution >= 4 is 57.6 Å². The number of nitrogens with one attached hydrogen (secondary N) is 2. The predicted octanol–water partition coefficient (Wildman–Crippen LogP) is 1.30. The molecule has 0 fully saturated rings. The zero-order chi connectivity index (χ0) is 26.7. The quantitative estimate of drug-likeness (QED) is 0.0497. The third kappa shape index (κ3) is 5.23. The van der Waals surface area contributed by atoms with Gasteiger partial charge in [0.1, 0.15) is 10.5 Å². The molecular formula is C23H25N10O3S+. The molecule has 14 heteroatoms. The van der Waals surface area contributed by atoms with Crippen LogP contribution in [0.15, 0.2) is 63.8 Å². The number of ketones is 2. The van der Waals surface area contributed by atoms with E-state index in [0.717, 1.165) is 11.8 Å². The number of nitrogen functional groups attached to an aromatic ring is 2. The molecule has 0 aliphatic carbocycles. The Morgan fingerprint density at radius 1 is 1.16 bits per heavy atom. The van der Waals surface area contributed by atoms with Gasteiger partial charge in [-0.15, -0.1) is 4.98 Å². The fourth-order valence-corrected chi connectivity index (χ4v) is 4.22. The molecule has 190 valence electrons. The molecule has 0 saturated carbocycles. The number of anilines is 2. The summed E-state index contributed by atoms with van der Waals surface area (Å²) in [6.07, 6.45) is 3.06. The number of thioether (sulfide) groups is 1. The predicted molar refractivity (Wildman–Crippen MR) is 141 cm³/mol. The lowest BCUT2D eigenvalue weighted by atomic mass is 10.0. The van der Waals surface area contributed by atoms with E-state index in [2.05, 4.69) is 29.9 Å². The molecule has 1 aromatic carbocycles. The maximum Gasteiger partial charge on any atom is 0.322 e. The number of carbonyl (C=O) groups excluding carboxylic acids is 2. The second kappa shape index (κ2) is 10.4. The Morgan fingerprint density at radius 3 is 2.59 bits per heavy atom. The zero-order valence-electron chi connectivity index (χ0n) is 20.1. The first-order chi connectivity index (χ1) is 17.7. The van der Waals surface area contributed by atoms with E-state index in [1.165, 1.54) is 18.7 Å². The summed E-state index contributed by atoms with van der Waals surface area (Å²) in [6, 6.07) is 8.65. The van der Waals surface area contributed by atoms with E-state index in [4.69, 9.17) is 11.5 Å². The number of hydrogen-bond donors (Lipinski definition) is 4. The largest absolute Gasteiger partial charge is 0.368 e. The number of H-pyrrole nitrogens is 2. The minimum Gasteiger partial charge on any atom is -0.368 e. The van der Waals surface area contributed by atoms with E-state index < -0.39 is 0 Å². The Kier molecular flexibility index (Phi) is 7.11. The Bertz CT molecular complexity index is 1730. The fourth-order valence-electron chi connectivity index (χ4n) is 3.32. The first-order valence-corrected chi connectivity index (χ1v) is 11.7. The maximum atomic E-state index is 12.6. The molecule has 5 aromatic rings. The van der Waals surface area contributed by atoms with Crippen LogP contribution < -0.4 is 21.6 Å². The number of aromatic amines is 2. The molecular weight excluding hydrogens is 496 g/mol. The normalized spacial score (nSPS) is 11.4. The molecule has 0 saturated heterocycles. The van der Waals surface area contributed by atoms with Crippen molar-refractivity contribution in [2.45, 2.75) is 11.9 Å². The highest BCUT2D eigenvalue weighted by Crippen LogP contribution is 2.27. The molecule has 4 heterocycles. The second-order valence-corrected chi connectivity index (χ2v) is 8.67. The molecule has 0 radical (unpaired) electrons. The van der Waals surface area contributed by atoms with Gasteiger partial charge in [0.15, 0.2) is 29.1 Å². The van der Waals surface area contributed by atoms with Crippen molar-refractivity contribution in [3.63, 3.8) is 0 Å². The third-order valence-corrected chi connectivity index (χ3v) is 6.12. The van der Waals surface area contributed by atoms with Crippen LogP contribution in [0.2, 0.25) is 0 Å². The van der Waals surface area contributed by atoms with Gasteiger partial charge < -0.3 is 21.0 Å². The van der Waals surface area contributed by atoms with Crippen LogP contribution in [-0.2, 0) is 18.9 Å². The summed E-state index contributed by atoms with van der Waals surface area (Å²) in [4.78, 5) is 57.4. The van der Waals surface area contributed by atoms with Crippen molar-refractivity contribution in [3.05, 3.63) is 69.9 Å².